The SMILES string of the molecule is CCc1nc(C)ccc1OCC(=O)NC1COCC1Cc1cc(C)no1. The van der Waals surface area contributed by atoms with Crippen LogP contribution in [0.1, 0.15) is 29.8 Å². The summed E-state index contributed by atoms with van der Waals surface area (Å²) in [5.41, 5.74) is 2.65. The predicted molar refractivity (Wildman–Crippen MR) is 95.0 cm³/mol. The van der Waals surface area contributed by atoms with Gasteiger partial charge in [-0.1, -0.05) is 12.1 Å². The standard InChI is InChI=1S/C19H25N3O4/c1-4-16-18(6-5-12(2)20-16)25-11-19(23)21-17-10-24-9-14(17)8-15-7-13(3)22-26-15/h5-7,14,17H,4,8-11H2,1-3H3,(H,21,23). The van der Waals surface area contributed by atoms with Crippen molar-refractivity contribution in [3.63, 3.8) is 0 Å². The number of nitrogens with one attached hydrogen (secondary N) is 1. The number of carbonyl (C=O) groups is 1. The highest BCUT2D eigenvalue weighted by molar-refractivity contribution is 5.78. The van der Waals surface area contributed by atoms with E-state index in [1.807, 2.05) is 39.0 Å². The highest BCUT2D eigenvalue weighted by Gasteiger charge is 2.30. The number of hydrogen-bond donors (Lipinski definition) is 1. The fourth-order valence-corrected chi connectivity index (χ4v) is 3.10. The summed E-state index contributed by atoms with van der Waals surface area (Å²) in [6.07, 6.45) is 1.45. The molecule has 0 radical (unpaired) electrons. The zero-order valence-electron chi connectivity index (χ0n) is 15.4. The lowest BCUT2D eigenvalue weighted by Crippen LogP contribution is -2.42. The van der Waals surface area contributed by atoms with Gasteiger partial charge in [-0.25, -0.2) is 0 Å². The molecule has 0 aliphatic carbocycles. The van der Waals surface area contributed by atoms with Crippen molar-refractivity contribution in [1.29, 1.82) is 0 Å². The number of aromatic nitrogens is 2. The average molecular weight is 359 g/mol. The summed E-state index contributed by atoms with van der Waals surface area (Å²) in [5, 5.41) is 6.90. The van der Waals surface area contributed by atoms with Crippen molar-refractivity contribution in [3.8, 4) is 5.75 Å². The molecule has 2 aromatic heterocycles. The molecule has 2 atom stereocenters. The second kappa shape index (κ2) is 8.31. The van der Waals surface area contributed by atoms with Crippen LogP contribution < -0.4 is 10.1 Å². The fraction of sp³-hybridized carbons (Fsp3) is 0.526. The maximum absolute atomic E-state index is 12.3. The van der Waals surface area contributed by atoms with Crippen molar-refractivity contribution in [1.82, 2.24) is 15.5 Å². The molecule has 1 fully saturated rings. The van der Waals surface area contributed by atoms with Gasteiger partial charge in [0.15, 0.2) is 6.61 Å². The monoisotopic (exact) mass is 359 g/mol. The minimum Gasteiger partial charge on any atom is -0.482 e. The second-order valence-corrected chi connectivity index (χ2v) is 6.65. The smallest absolute Gasteiger partial charge is 0.258 e. The third-order valence-electron chi connectivity index (χ3n) is 4.45. The van der Waals surface area contributed by atoms with Crippen LogP contribution in [-0.2, 0) is 22.4 Å². The number of carbonyl (C=O) groups excluding carboxylic acids is 1. The molecule has 1 aliphatic heterocycles. The minimum absolute atomic E-state index is 0.0393. The molecule has 1 aliphatic rings. The zero-order chi connectivity index (χ0) is 18.5. The number of ether oxygens (including phenoxy) is 2. The predicted octanol–water partition coefficient (Wildman–Crippen LogP) is 2.00. The van der Waals surface area contributed by atoms with Gasteiger partial charge in [0, 0.05) is 24.1 Å². The topological polar surface area (TPSA) is 86.5 Å². The average Bonchev–Trinajstić information content (AvgIpc) is 3.23. The highest BCUT2D eigenvalue weighted by Crippen LogP contribution is 2.20. The van der Waals surface area contributed by atoms with E-state index in [0.29, 0.717) is 25.4 Å². The first-order valence-electron chi connectivity index (χ1n) is 8.93. The van der Waals surface area contributed by atoms with Crippen molar-refractivity contribution in [2.75, 3.05) is 19.8 Å². The summed E-state index contributed by atoms with van der Waals surface area (Å²) < 4.78 is 16.5. The first-order chi connectivity index (χ1) is 12.5. The van der Waals surface area contributed by atoms with Gasteiger partial charge in [0.25, 0.3) is 5.91 Å². The van der Waals surface area contributed by atoms with E-state index in [1.165, 1.54) is 0 Å². The first kappa shape index (κ1) is 18.4. The molecule has 2 aromatic rings. The number of nitrogens with zero attached hydrogens (tertiary/aromatic N) is 2. The Hall–Kier alpha value is -2.41. The lowest BCUT2D eigenvalue weighted by Gasteiger charge is -2.18. The summed E-state index contributed by atoms with van der Waals surface area (Å²) in [4.78, 5) is 16.7. The molecule has 26 heavy (non-hydrogen) atoms. The van der Waals surface area contributed by atoms with E-state index in [9.17, 15) is 4.79 Å². The number of aryl methyl sites for hydroxylation is 3. The third kappa shape index (κ3) is 4.60. The molecule has 1 saturated heterocycles. The van der Waals surface area contributed by atoms with Crippen LogP contribution in [0.4, 0.5) is 0 Å². The molecule has 0 aromatic carbocycles. The van der Waals surface area contributed by atoms with Gasteiger partial charge in [-0.3, -0.25) is 9.78 Å². The first-order valence-corrected chi connectivity index (χ1v) is 8.93. The van der Waals surface area contributed by atoms with Crippen molar-refractivity contribution < 1.29 is 18.8 Å². The summed E-state index contributed by atoms with van der Waals surface area (Å²) in [6, 6.07) is 5.60. The molecule has 0 spiro atoms. The lowest BCUT2D eigenvalue weighted by molar-refractivity contribution is -0.124. The molecular formula is C19H25N3O4. The van der Waals surface area contributed by atoms with Crippen LogP contribution in [0.15, 0.2) is 22.7 Å². The summed E-state index contributed by atoms with van der Waals surface area (Å²) in [6.45, 7) is 6.89. The Morgan fingerprint density at radius 3 is 2.88 bits per heavy atom. The molecule has 1 amide bonds. The summed E-state index contributed by atoms with van der Waals surface area (Å²) in [5.74, 6) is 1.47. The maximum atomic E-state index is 12.3. The van der Waals surface area contributed by atoms with Gasteiger partial charge in [0.05, 0.1) is 30.6 Å². The molecule has 7 heteroatoms. The van der Waals surface area contributed by atoms with E-state index >= 15 is 0 Å². The van der Waals surface area contributed by atoms with E-state index in [2.05, 4.69) is 15.5 Å². The molecule has 2 unspecified atom stereocenters. The zero-order valence-corrected chi connectivity index (χ0v) is 15.4. The molecule has 7 nitrogen and oxygen atoms in total. The van der Waals surface area contributed by atoms with Crippen LogP contribution in [0, 0.1) is 19.8 Å². The van der Waals surface area contributed by atoms with Crippen molar-refractivity contribution in [2.45, 2.75) is 39.7 Å². The van der Waals surface area contributed by atoms with Crippen LogP contribution in [0.25, 0.3) is 0 Å². The Labute approximate surface area is 153 Å². The molecular weight excluding hydrogens is 334 g/mol. The molecule has 0 bridgehead atoms. The Bertz CT molecular complexity index is 759. The number of rotatable bonds is 7. The minimum atomic E-state index is -0.165. The highest BCUT2D eigenvalue weighted by atomic mass is 16.5. The van der Waals surface area contributed by atoms with Gasteiger partial charge >= 0.3 is 0 Å². The number of pyridine rings is 1. The normalized spacial score (nSPS) is 19.5. The molecule has 3 rings (SSSR count). The van der Waals surface area contributed by atoms with Crippen LogP contribution in [0.2, 0.25) is 0 Å². The number of amides is 1. The van der Waals surface area contributed by atoms with Gasteiger partial charge in [-0.2, -0.15) is 0 Å². The fourth-order valence-electron chi connectivity index (χ4n) is 3.10. The quantitative estimate of drug-likeness (QED) is 0.814. The van der Waals surface area contributed by atoms with Crippen LogP contribution in [0.3, 0.4) is 0 Å². The van der Waals surface area contributed by atoms with Gasteiger partial charge in [-0.15, -0.1) is 0 Å². The van der Waals surface area contributed by atoms with Gasteiger partial charge in [0.1, 0.15) is 11.5 Å². The van der Waals surface area contributed by atoms with Gasteiger partial charge < -0.3 is 19.3 Å². The van der Waals surface area contributed by atoms with Crippen molar-refractivity contribution >= 4 is 5.91 Å². The van der Waals surface area contributed by atoms with Crippen molar-refractivity contribution in [3.05, 3.63) is 41.0 Å². The summed E-state index contributed by atoms with van der Waals surface area (Å²) in [7, 11) is 0. The van der Waals surface area contributed by atoms with Crippen molar-refractivity contribution in [2.24, 2.45) is 5.92 Å². The molecule has 140 valence electrons. The van der Waals surface area contributed by atoms with Crippen LogP contribution in [-0.4, -0.2) is 41.9 Å². The van der Waals surface area contributed by atoms with E-state index in [4.69, 9.17) is 14.0 Å². The Kier molecular flexibility index (Phi) is 5.88. The molecule has 0 saturated carbocycles. The van der Waals surface area contributed by atoms with E-state index in [-0.39, 0.29) is 24.5 Å². The molecule has 3 heterocycles. The molecule has 1 N–H and O–H groups in total. The van der Waals surface area contributed by atoms with Crippen LogP contribution in [0.5, 0.6) is 5.75 Å². The third-order valence-corrected chi connectivity index (χ3v) is 4.45. The van der Waals surface area contributed by atoms with Crippen LogP contribution >= 0.6 is 0 Å². The summed E-state index contributed by atoms with van der Waals surface area (Å²) >= 11 is 0. The van der Waals surface area contributed by atoms with E-state index in [0.717, 1.165) is 29.3 Å². The van der Waals surface area contributed by atoms with Gasteiger partial charge in [-0.05, 0) is 32.4 Å². The Morgan fingerprint density at radius 2 is 2.15 bits per heavy atom. The Morgan fingerprint density at radius 1 is 1.31 bits per heavy atom. The van der Waals surface area contributed by atoms with E-state index in [1.54, 1.807) is 0 Å². The lowest BCUT2D eigenvalue weighted by atomic mass is 9.98. The maximum Gasteiger partial charge on any atom is 0.258 e. The Balaban J connectivity index is 1.52. The van der Waals surface area contributed by atoms with E-state index < -0.39 is 0 Å². The largest absolute Gasteiger partial charge is 0.482 e. The second-order valence-electron chi connectivity index (χ2n) is 6.65. The van der Waals surface area contributed by atoms with Gasteiger partial charge in [0.2, 0.25) is 0 Å². The number of hydrogen-bond acceptors (Lipinski definition) is 6.